The van der Waals surface area contributed by atoms with Crippen molar-refractivity contribution in [1.29, 1.82) is 0 Å². The van der Waals surface area contributed by atoms with Crippen LogP contribution in [0.5, 0.6) is 11.5 Å². The van der Waals surface area contributed by atoms with Gasteiger partial charge < -0.3 is 14.9 Å². The number of carboxylic acid groups (broad SMARTS) is 2. The summed E-state index contributed by atoms with van der Waals surface area (Å²) in [5.74, 6) is -3.90. The number of benzene rings is 2. The number of carbonyl (C=O) groups is 2. The maximum absolute atomic E-state index is 11.3. The molecule has 0 unspecified atom stereocenters. The van der Waals surface area contributed by atoms with Crippen molar-refractivity contribution < 1.29 is 67.1 Å². The summed E-state index contributed by atoms with van der Waals surface area (Å²) in [7, 11) is -4.67. The molecule has 2 rings (SSSR count). The van der Waals surface area contributed by atoms with E-state index in [1.165, 1.54) is 12.1 Å². The van der Waals surface area contributed by atoms with Gasteiger partial charge >= 0.3 is 41.5 Å². The van der Waals surface area contributed by atoms with Crippen LogP contribution in [0.1, 0.15) is 20.7 Å². The maximum atomic E-state index is 11.3. The summed E-state index contributed by atoms with van der Waals surface area (Å²) in [4.78, 5) is 21.8. The van der Waals surface area contributed by atoms with Gasteiger partial charge in [-0.25, -0.2) is 18.0 Å². The van der Waals surface area contributed by atoms with Gasteiger partial charge in [0.15, 0.2) is 5.75 Å². The molecule has 0 aromatic heterocycles. The molecule has 0 amide bonds. The minimum absolute atomic E-state index is 0. The van der Waals surface area contributed by atoms with Crippen LogP contribution in [-0.4, -0.2) is 35.1 Å². The van der Waals surface area contributed by atoms with Crippen LogP contribution < -0.4 is 34.3 Å². The predicted octanol–water partition coefficient (Wildman–Crippen LogP) is -1.07. The second-order valence-electron chi connectivity index (χ2n) is 4.24. The van der Waals surface area contributed by atoms with Gasteiger partial charge in [-0.2, -0.15) is 18.2 Å². The van der Waals surface area contributed by atoms with Crippen molar-refractivity contribution in [3.63, 3.8) is 0 Å². The molecule has 0 aliphatic rings. The molecule has 0 fully saturated rings. The third-order valence-electron chi connectivity index (χ3n) is 2.75. The molecule has 3 N–H and O–H groups in total. The fourth-order valence-electron chi connectivity index (χ4n) is 1.78. The summed E-state index contributed by atoms with van der Waals surface area (Å²) >= 11 is 0. The molecule has 0 radical (unpaired) electrons. The zero-order valence-corrected chi connectivity index (χ0v) is 15.1. The second kappa shape index (κ2) is 7.77. The molecule has 0 saturated heterocycles. The number of carboxylic acids is 2. The number of hydrogen-bond donors (Lipinski definition) is 3. The zero-order valence-electron chi connectivity index (χ0n) is 12.3. The molecular weight excluding hydrogens is 351 g/mol. The van der Waals surface area contributed by atoms with Gasteiger partial charge in [0.05, 0.1) is 0 Å². The molecule has 10 heteroatoms. The van der Waals surface area contributed by atoms with Gasteiger partial charge in [-0.3, -0.25) is 4.55 Å². The van der Waals surface area contributed by atoms with Gasteiger partial charge in [0.1, 0.15) is 11.1 Å². The van der Waals surface area contributed by atoms with Gasteiger partial charge in [0.25, 0.3) is 0 Å². The number of hydrogen-bond acceptors (Lipinski definition) is 5. The minimum Gasteiger partial charge on any atom is -0.480 e. The Labute approximate surface area is 158 Å². The van der Waals surface area contributed by atoms with E-state index in [4.69, 9.17) is 19.5 Å². The molecule has 8 nitrogen and oxygen atoms in total. The topological polar surface area (TPSA) is 138 Å². The number of rotatable bonds is 5. The molecule has 2 aromatic carbocycles. The van der Waals surface area contributed by atoms with Gasteiger partial charge in [-0.1, -0.05) is 6.07 Å². The number of para-hydroxylation sites is 1. The standard InChI is InChI=1S/C14H9O8S.Na/c15-13(16)8-4-3-5-9(14(17)18)12(8)22-10-6-1-2-7-11(10)23(19,20)21;/h1,3-7H,(H,15,16)(H,17,18)(H,19,20,21);/q-1;+1. The van der Waals surface area contributed by atoms with E-state index in [-0.39, 0.29) is 29.6 Å². The van der Waals surface area contributed by atoms with E-state index in [1.54, 1.807) is 0 Å². The van der Waals surface area contributed by atoms with Gasteiger partial charge in [0.2, 0.25) is 10.1 Å². The van der Waals surface area contributed by atoms with Gasteiger partial charge in [-0.15, -0.1) is 6.07 Å². The molecule has 0 spiro atoms. The molecule has 2 aromatic rings. The maximum Gasteiger partial charge on any atom is 1.00 e. The third-order valence-corrected chi connectivity index (χ3v) is 3.63. The van der Waals surface area contributed by atoms with Gasteiger partial charge in [0, 0.05) is 10.6 Å². The molecule has 0 bridgehead atoms. The molecule has 24 heavy (non-hydrogen) atoms. The first-order valence-corrected chi connectivity index (χ1v) is 7.41. The molecule has 120 valence electrons. The van der Waals surface area contributed by atoms with Crippen LogP contribution >= 0.6 is 0 Å². The van der Waals surface area contributed by atoms with Crippen LogP contribution in [0.3, 0.4) is 0 Å². The fourth-order valence-corrected chi connectivity index (χ4v) is 2.36. The van der Waals surface area contributed by atoms with Crippen LogP contribution in [0.4, 0.5) is 0 Å². The molecule has 0 saturated carbocycles. The van der Waals surface area contributed by atoms with Gasteiger partial charge in [-0.05, 0) is 12.1 Å². The fraction of sp³-hybridized carbons (Fsp3) is 0. The smallest absolute Gasteiger partial charge is 0.480 e. The van der Waals surface area contributed by atoms with Crippen LogP contribution in [0.25, 0.3) is 0 Å². The summed E-state index contributed by atoms with van der Waals surface area (Å²) < 4.78 is 37.0. The van der Waals surface area contributed by atoms with E-state index in [0.29, 0.717) is 0 Å². The van der Waals surface area contributed by atoms with Crippen molar-refractivity contribution in [3.8, 4) is 11.5 Å². The van der Waals surface area contributed by atoms with E-state index in [9.17, 15) is 18.0 Å². The van der Waals surface area contributed by atoms with E-state index in [2.05, 4.69) is 6.07 Å². The first-order valence-electron chi connectivity index (χ1n) is 5.97. The summed E-state index contributed by atoms with van der Waals surface area (Å²) in [5, 5.41) is 18.3. The van der Waals surface area contributed by atoms with Crippen molar-refractivity contribution in [2.24, 2.45) is 0 Å². The normalized spacial score (nSPS) is 10.5. The summed E-state index contributed by atoms with van der Waals surface area (Å²) in [6.07, 6.45) is 0. The average molecular weight is 360 g/mol. The van der Waals surface area contributed by atoms with E-state index < -0.39 is 49.6 Å². The summed E-state index contributed by atoms with van der Waals surface area (Å²) in [5.41, 5.74) is -0.946. The van der Waals surface area contributed by atoms with E-state index in [1.807, 2.05) is 0 Å². The average Bonchev–Trinajstić information content (AvgIpc) is 2.46. The van der Waals surface area contributed by atoms with E-state index >= 15 is 0 Å². The van der Waals surface area contributed by atoms with Crippen LogP contribution in [0.15, 0.2) is 41.3 Å². The summed E-state index contributed by atoms with van der Waals surface area (Å²) in [6.45, 7) is 0. The van der Waals surface area contributed by atoms with Crippen LogP contribution in [-0.2, 0) is 10.1 Å². The number of aromatic carboxylic acids is 2. The van der Waals surface area contributed by atoms with Crippen molar-refractivity contribution >= 4 is 22.1 Å². The Morgan fingerprint density at radius 1 is 1.04 bits per heavy atom. The monoisotopic (exact) mass is 360 g/mol. The largest absolute Gasteiger partial charge is 1.00 e. The Balaban J connectivity index is 0.00000288. The molecule has 0 aliphatic heterocycles. The number of ether oxygens (including phenoxy) is 1. The van der Waals surface area contributed by atoms with Crippen molar-refractivity contribution in [3.05, 3.63) is 53.6 Å². The van der Waals surface area contributed by atoms with Crippen molar-refractivity contribution in [2.75, 3.05) is 0 Å². The predicted molar refractivity (Wildman–Crippen MR) is 75.5 cm³/mol. The van der Waals surface area contributed by atoms with Crippen LogP contribution in [0, 0.1) is 6.07 Å². The Morgan fingerprint density at radius 2 is 1.58 bits per heavy atom. The van der Waals surface area contributed by atoms with Crippen LogP contribution in [0.2, 0.25) is 0 Å². The SMILES string of the molecule is O=C(O)c1cccc(C(=O)O)c1Oc1cc[c-]cc1S(=O)(=O)O.[Na+]. The summed E-state index contributed by atoms with van der Waals surface area (Å²) in [6, 6.07) is 9.11. The van der Waals surface area contributed by atoms with E-state index in [0.717, 1.165) is 24.3 Å². The Hall–Kier alpha value is -1.91. The molecule has 0 heterocycles. The zero-order chi connectivity index (χ0) is 17.2. The molecular formula is C14H9NaO8S. The Bertz CT molecular complexity index is 859. The third kappa shape index (κ3) is 4.34. The quantitative estimate of drug-likeness (QED) is 0.348. The second-order valence-corrected chi connectivity index (χ2v) is 5.63. The molecule has 0 atom stereocenters. The first kappa shape index (κ1) is 20.1. The Kier molecular flexibility index (Phi) is 6.52. The van der Waals surface area contributed by atoms with Crippen molar-refractivity contribution in [1.82, 2.24) is 0 Å². The minimum atomic E-state index is -4.67. The molecule has 0 aliphatic carbocycles. The van der Waals surface area contributed by atoms with Crippen molar-refractivity contribution in [2.45, 2.75) is 4.90 Å². The Morgan fingerprint density at radius 3 is 2.04 bits per heavy atom. The first-order chi connectivity index (χ1) is 10.7.